The van der Waals surface area contributed by atoms with Crippen LogP contribution in [0.5, 0.6) is 0 Å². The van der Waals surface area contributed by atoms with E-state index in [-0.39, 0.29) is 24.1 Å². The lowest BCUT2D eigenvalue weighted by molar-refractivity contribution is -0.131. The number of furan rings is 1. The van der Waals surface area contributed by atoms with E-state index in [0.717, 1.165) is 5.52 Å². The first kappa shape index (κ1) is 17.8. The zero-order valence-corrected chi connectivity index (χ0v) is 15.1. The molecule has 0 unspecified atom stereocenters. The van der Waals surface area contributed by atoms with Crippen molar-refractivity contribution < 1.29 is 18.8 Å². The second-order valence-corrected chi connectivity index (χ2v) is 6.45. The highest BCUT2D eigenvalue weighted by Crippen LogP contribution is 2.15. The van der Waals surface area contributed by atoms with E-state index in [1.165, 1.54) is 6.26 Å². The Hall–Kier alpha value is -3.62. The molecule has 1 saturated heterocycles. The predicted molar refractivity (Wildman–Crippen MR) is 99.6 cm³/mol. The van der Waals surface area contributed by atoms with E-state index < -0.39 is 5.91 Å². The minimum Gasteiger partial charge on any atom is -0.459 e. The molecule has 0 saturated carbocycles. The standard InChI is InChI=1S/C19H19N5O4/c25-16(12-20-18(26)17-13-4-1-2-5-14(13)21-22-17)23-7-9-24(10-8-23)19(27)15-6-3-11-28-15/h1-6,11H,7-10,12H2,(H,20,26)(H,21,22). The van der Waals surface area contributed by atoms with Gasteiger partial charge in [-0.25, -0.2) is 0 Å². The van der Waals surface area contributed by atoms with Crippen molar-refractivity contribution >= 4 is 28.6 Å². The molecule has 28 heavy (non-hydrogen) atoms. The number of benzene rings is 1. The summed E-state index contributed by atoms with van der Waals surface area (Å²) in [6.45, 7) is 1.54. The fraction of sp³-hybridized carbons (Fsp3) is 0.263. The summed E-state index contributed by atoms with van der Waals surface area (Å²) in [5, 5.41) is 10.1. The molecule has 144 valence electrons. The number of para-hydroxylation sites is 1. The monoisotopic (exact) mass is 381 g/mol. The van der Waals surface area contributed by atoms with E-state index in [1.807, 2.05) is 18.2 Å². The predicted octanol–water partition coefficient (Wildman–Crippen LogP) is 0.870. The van der Waals surface area contributed by atoms with Crippen molar-refractivity contribution in [3.63, 3.8) is 0 Å². The molecule has 0 aliphatic carbocycles. The first-order valence-electron chi connectivity index (χ1n) is 8.95. The third-order valence-electron chi connectivity index (χ3n) is 4.74. The molecular weight excluding hydrogens is 362 g/mol. The van der Waals surface area contributed by atoms with Crippen LogP contribution in [-0.4, -0.2) is 70.4 Å². The third-order valence-corrected chi connectivity index (χ3v) is 4.74. The Morgan fingerprint density at radius 2 is 1.79 bits per heavy atom. The van der Waals surface area contributed by atoms with Crippen LogP contribution in [0, 0.1) is 0 Å². The van der Waals surface area contributed by atoms with Crippen LogP contribution in [0.2, 0.25) is 0 Å². The molecule has 4 rings (SSSR count). The van der Waals surface area contributed by atoms with Crippen molar-refractivity contribution in [3.8, 4) is 0 Å². The van der Waals surface area contributed by atoms with Crippen molar-refractivity contribution in [2.75, 3.05) is 32.7 Å². The maximum Gasteiger partial charge on any atom is 0.289 e. The van der Waals surface area contributed by atoms with Crippen molar-refractivity contribution in [3.05, 3.63) is 54.1 Å². The zero-order valence-electron chi connectivity index (χ0n) is 15.1. The number of hydrogen-bond acceptors (Lipinski definition) is 5. The van der Waals surface area contributed by atoms with Gasteiger partial charge >= 0.3 is 0 Å². The maximum absolute atomic E-state index is 12.4. The van der Waals surface area contributed by atoms with Crippen molar-refractivity contribution in [1.82, 2.24) is 25.3 Å². The van der Waals surface area contributed by atoms with Crippen LogP contribution < -0.4 is 5.32 Å². The van der Waals surface area contributed by atoms with Gasteiger partial charge < -0.3 is 19.5 Å². The second kappa shape index (κ2) is 7.55. The fourth-order valence-corrected chi connectivity index (χ4v) is 3.20. The number of nitrogens with one attached hydrogen (secondary N) is 2. The second-order valence-electron chi connectivity index (χ2n) is 6.45. The molecule has 3 amide bonds. The van der Waals surface area contributed by atoms with Crippen LogP contribution in [0.4, 0.5) is 0 Å². The van der Waals surface area contributed by atoms with Gasteiger partial charge in [-0.3, -0.25) is 19.5 Å². The summed E-state index contributed by atoms with van der Waals surface area (Å²) in [6, 6.07) is 10.6. The number of aromatic nitrogens is 2. The summed E-state index contributed by atoms with van der Waals surface area (Å²) >= 11 is 0. The van der Waals surface area contributed by atoms with E-state index >= 15 is 0 Å². The highest BCUT2D eigenvalue weighted by Gasteiger charge is 2.26. The summed E-state index contributed by atoms with van der Waals surface area (Å²) in [5.74, 6) is -0.496. The zero-order chi connectivity index (χ0) is 19.5. The van der Waals surface area contributed by atoms with E-state index in [4.69, 9.17) is 4.42 Å². The average molecular weight is 381 g/mol. The molecule has 0 atom stereocenters. The average Bonchev–Trinajstić information content (AvgIpc) is 3.41. The highest BCUT2D eigenvalue weighted by molar-refractivity contribution is 6.05. The number of aromatic amines is 1. The van der Waals surface area contributed by atoms with E-state index in [0.29, 0.717) is 37.3 Å². The number of nitrogens with zero attached hydrogens (tertiary/aromatic N) is 3. The minimum absolute atomic E-state index is 0.119. The van der Waals surface area contributed by atoms with E-state index in [2.05, 4.69) is 15.5 Å². The first-order chi connectivity index (χ1) is 13.6. The summed E-state index contributed by atoms with van der Waals surface area (Å²) in [6.07, 6.45) is 1.46. The van der Waals surface area contributed by atoms with Gasteiger partial charge in [-0.15, -0.1) is 0 Å². The quantitative estimate of drug-likeness (QED) is 0.697. The van der Waals surface area contributed by atoms with Crippen LogP contribution in [0.1, 0.15) is 21.0 Å². The Bertz CT molecular complexity index is 1000. The lowest BCUT2D eigenvalue weighted by Gasteiger charge is -2.34. The number of piperazine rings is 1. The smallest absolute Gasteiger partial charge is 0.289 e. The Labute approximate surface area is 160 Å². The Kier molecular flexibility index (Phi) is 4.79. The summed E-state index contributed by atoms with van der Waals surface area (Å²) in [4.78, 5) is 40.3. The van der Waals surface area contributed by atoms with Gasteiger partial charge in [0.2, 0.25) is 5.91 Å². The lowest BCUT2D eigenvalue weighted by atomic mass is 10.2. The van der Waals surface area contributed by atoms with Gasteiger partial charge in [0.1, 0.15) is 0 Å². The number of carbonyl (C=O) groups is 3. The number of rotatable bonds is 4. The number of carbonyl (C=O) groups excluding carboxylic acids is 3. The van der Waals surface area contributed by atoms with Crippen molar-refractivity contribution in [2.24, 2.45) is 0 Å². The molecular formula is C19H19N5O4. The molecule has 3 heterocycles. The summed E-state index contributed by atoms with van der Waals surface area (Å²) in [5.41, 5.74) is 1.02. The number of hydrogen-bond donors (Lipinski definition) is 2. The third kappa shape index (κ3) is 3.46. The van der Waals surface area contributed by atoms with Crippen molar-refractivity contribution in [1.29, 1.82) is 0 Å². The highest BCUT2D eigenvalue weighted by atomic mass is 16.3. The van der Waals surface area contributed by atoms with Crippen LogP contribution in [0.25, 0.3) is 10.9 Å². The Morgan fingerprint density at radius 1 is 1.04 bits per heavy atom. The fourth-order valence-electron chi connectivity index (χ4n) is 3.20. The normalized spacial score (nSPS) is 14.3. The van der Waals surface area contributed by atoms with Crippen LogP contribution in [0.15, 0.2) is 47.1 Å². The van der Waals surface area contributed by atoms with Gasteiger partial charge in [-0.2, -0.15) is 5.10 Å². The summed E-state index contributed by atoms with van der Waals surface area (Å²) in [7, 11) is 0. The molecule has 1 fully saturated rings. The number of H-pyrrole nitrogens is 1. The maximum atomic E-state index is 12.4. The lowest BCUT2D eigenvalue weighted by Crippen LogP contribution is -2.52. The first-order valence-corrected chi connectivity index (χ1v) is 8.95. The topological polar surface area (TPSA) is 112 Å². The molecule has 2 N–H and O–H groups in total. The van der Waals surface area contributed by atoms with Crippen LogP contribution in [0.3, 0.4) is 0 Å². The van der Waals surface area contributed by atoms with E-state index in [9.17, 15) is 14.4 Å². The Balaban J connectivity index is 1.29. The van der Waals surface area contributed by atoms with E-state index in [1.54, 1.807) is 28.0 Å². The minimum atomic E-state index is -0.405. The Morgan fingerprint density at radius 3 is 2.54 bits per heavy atom. The number of amides is 3. The molecule has 9 nitrogen and oxygen atoms in total. The van der Waals surface area contributed by atoms with Crippen molar-refractivity contribution in [2.45, 2.75) is 0 Å². The molecule has 1 aliphatic heterocycles. The van der Waals surface area contributed by atoms with Crippen LogP contribution >= 0.6 is 0 Å². The summed E-state index contributed by atoms with van der Waals surface area (Å²) < 4.78 is 5.13. The van der Waals surface area contributed by atoms with Gasteiger partial charge in [0, 0.05) is 31.6 Å². The largest absolute Gasteiger partial charge is 0.459 e. The molecule has 1 aromatic carbocycles. The van der Waals surface area contributed by atoms with Gasteiger partial charge in [-0.1, -0.05) is 18.2 Å². The number of fused-ring (bicyclic) bond motifs is 1. The molecule has 2 aromatic heterocycles. The molecule has 1 aliphatic rings. The van der Waals surface area contributed by atoms with Gasteiger partial charge in [0.25, 0.3) is 11.8 Å². The molecule has 0 bridgehead atoms. The molecule has 0 spiro atoms. The van der Waals surface area contributed by atoms with Crippen LogP contribution in [-0.2, 0) is 4.79 Å². The molecule has 3 aromatic rings. The van der Waals surface area contributed by atoms with Gasteiger partial charge in [0.05, 0.1) is 18.3 Å². The SMILES string of the molecule is O=C(NCC(=O)N1CCN(C(=O)c2ccco2)CC1)c1n[nH]c2ccccc12. The molecule has 0 radical (unpaired) electrons. The van der Waals surface area contributed by atoms with Gasteiger partial charge in [0.15, 0.2) is 11.5 Å². The van der Waals surface area contributed by atoms with Gasteiger partial charge in [-0.05, 0) is 18.2 Å². The molecule has 9 heteroatoms.